The van der Waals surface area contributed by atoms with Crippen LogP contribution >= 0.6 is 11.6 Å². The molecule has 0 aliphatic carbocycles. The lowest BCUT2D eigenvalue weighted by Crippen LogP contribution is -2.23. The van der Waals surface area contributed by atoms with Crippen molar-refractivity contribution in [3.8, 4) is 5.75 Å². The van der Waals surface area contributed by atoms with Crippen LogP contribution in [0.1, 0.15) is 20.3 Å². The average molecular weight is 231 g/mol. The highest BCUT2D eigenvalue weighted by molar-refractivity contribution is 6.32. The van der Waals surface area contributed by atoms with E-state index in [-0.39, 0.29) is 16.6 Å². The third kappa shape index (κ3) is 2.93. The summed E-state index contributed by atoms with van der Waals surface area (Å²) >= 11 is 5.75. The topological polar surface area (TPSA) is 26.3 Å². The van der Waals surface area contributed by atoms with Gasteiger partial charge in [-0.05, 0) is 19.1 Å². The van der Waals surface area contributed by atoms with Crippen LogP contribution in [-0.2, 0) is 4.79 Å². The zero-order chi connectivity index (χ0) is 11.4. The summed E-state index contributed by atoms with van der Waals surface area (Å²) in [5, 5.41) is 0.172. The van der Waals surface area contributed by atoms with Crippen molar-refractivity contribution in [2.75, 3.05) is 0 Å². The van der Waals surface area contributed by atoms with Crippen molar-refractivity contribution >= 4 is 17.4 Å². The Morgan fingerprint density at radius 1 is 1.60 bits per heavy atom. The van der Waals surface area contributed by atoms with Gasteiger partial charge in [0.25, 0.3) is 0 Å². The van der Waals surface area contributed by atoms with E-state index < -0.39 is 11.9 Å². The summed E-state index contributed by atoms with van der Waals surface area (Å²) < 4.78 is 18.4. The maximum Gasteiger partial charge on any atom is 0.174 e. The van der Waals surface area contributed by atoms with Crippen LogP contribution in [0, 0.1) is 5.82 Å². The van der Waals surface area contributed by atoms with Crippen molar-refractivity contribution in [2.45, 2.75) is 26.4 Å². The maximum atomic E-state index is 13.3. The monoisotopic (exact) mass is 230 g/mol. The number of hydrogen-bond donors (Lipinski definition) is 0. The summed E-state index contributed by atoms with van der Waals surface area (Å²) in [7, 11) is 0. The van der Waals surface area contributed by atoms with E-state index in [4.69, 9.17) is 16.3 Å². The number of hydrogen-bond acceptors (Lipinski definition) is 2. The van der Waals surface area contributed by atoms with Crippen LogP contribution in [0.4, 0.5) is 4.39 Å². The molecule has 0 aliphatic rings. The summed E-state index contributed by atoms with van der Waals surface area (Å²) in [6.45, 7) is 3.31. The van der Waals surface area contributed by atoms with E-state index in [2.05, 4.69) is 0 Å². The summed E-state index contributed by atoms with van der Waals surface area (Å²) in [5.41, 5.74) is 0. The van der Waals surface area contributed by atoms with Crippen molar-refractivity contribution in [3.63, 3.8) is 0 Å². The zero-order valence-electron chi connectivity index (χ0n) is 8.59. The molecule has 0 saturated carbocycles. The number of para-hydroxylation sites is 1. The molecule has 1 aromatic rings. The minimum absolute atomic E-state index is 0.0616. The Morgan fingerprint density at radius 2 is 2.27 bits per heavy atom. The molecule has 0 fully saturated rings. The molecule has 0 radical (unpaired) electrons. The normalized spacial score (nSPS) is 12.3. The van der Waals surface area contributed by atoms with Gasteiger partial charge in [0.2, 0.25) is 0 Å². The van der Waals surface area contributed by atoms with Crippen LogP contribution in [0.2, 0.25) is 5.02 Å². The molecular formula is C11H12ClFO2. The Bertz CT molecular complexity index is 345. The van der Waals surface area contributed by atoms with Crippen LogP contribution in [0.25, 0.3) is 0 Å². The first kappa shape index (κ1) is 12.0. The maximum absolute atomic E-state index is 13.3. The minimum Gasteiger partial charge on any atom is -0.478 e. The van der Waals surface area contributed by atoms with Crippen molar-refractivity contribution in [1.82, 2.24) is 0 Å². The molecular weight excluding hydrogens is 219 g/mol. The lowest BCUT2D eigenvalue weighted by atomic mass is 10.2. The Balaban J connectivity index is 2.85. The first-order chi connectivity index (χ1) is 7.06. The van der Waals surface area contributed by atoms with E-state index >= 15 is 0 Å². The van der Waals surface area contributed by atoms with Gasteiger partial charge in [-0.3, -0.25) is 4.79 Å². The highest BCUT2D eigenvalue weighted by atomic mass is 35.5. The van der Waals surface area contributed by atoms with Gasteiger partial charge in [-0.15, -0.1) is 0 Å². The molecule has 2 nitrogen and oxygen atoms in total. The van der Waals surface area contributed by atoms with Crippen LogP contribution in [0.3, 0.4) is 0 Å². The summed E-state index contributed by atoms with van der Waals surface area (Å²) in [4.78, 5) is 11.2. The minimum atomic E-state index is -0.676. The molecule has 0 saturated heterocycles. The van der Waals surface area contributed by atoms with Crippen LogP contribution in [-0.4, -0.2) is 11.9 Å². The van der Waals surface area contributed by atoms with Gasteiger partial charge in [-0.2, -0.15) is 0 Å². The SMILES string of the molecule is CCC(=O)C(C)Oc1c(F)cccc1Cl. The van der Waals surface area contributed by atoms with Crippen LogP contribution in [0.15, 0.2) is 18.2 Å². The highest BCUT2D eigenvalue weighted by Crippen LogP contribution is 2.28. The van der Waals surface area contributed by atoms with E-state index in [0.717, 1.165) is 0 Å². The average Bonchev–Trinajstić information content (AvgIpc) is 2.22. The van der Waals surface area contributed by atoms with Crippen LogP contribution in [0.5, 0.6) is 5.75 Å². The molecule has 1 aromatic carbocycles. The first-order valence-electron chi connectivity index (χ1n) is 4.69. The van der Waals surface area contributed by atoms with Gasteiger partial charge in [0.1, 0.15) is 0 Å². The highest BCUT2D eigenvalue weighted by Gasteiger charge is 2.16. The largest absolute Gasteiger partial charge is 0.478 e. The molecule has 0 aliphatic heterocycles. The summed E-state index contributed by atoms with van der Waals surface area (Å²) in [6, 6.07) is 4.24. The summed E-state index contributed by atoms with van der Waals surface area (Å²) in [6.07, 6.45) is -0.322. The van der Waals surface area contributed by atoms with Gasteiger partial charge >= 0.3 is 0 Å². The lowest BCUT2D eigenvalue weighted by molar-refractivity contribution is -0.124. The van der Waals surface area contributed by atoms with Crippen molar-refractivity contribution in [3.05, 3.63) is 29.0 Å². The smallest absolute Gasteiger partial charge is 0.174 e. The van der Waals surface area contributed by atoms with Gasteiger partial charge in [0.05, 0.1) is 5.02 Å². The molecule has 0 amide bonds. The standard InChI is InChI=1S/C11H12ClFO2/c1-3-10(14)7(2)15-11-8(12)5-4-6-9(11)13/h4-7H,3H2,1-2H3. The van der Waals surface area contributed by atoms with Gasteiger partial charge < -0.3 is 4.74 Å². The fraction of sp³-hybridized carbons (Fsp3) is 0.364. The molecule has 15 heavy (non-hydrogen) atoms. The fourth-order valence-electron chi connectivity index (χ4n) is 1.13. The molecule has 0 aromatic heterocycles. The zero-order valence-corrected chi connectivity index (χ0v) is 9.34. The number of ketones is 1. The van der Waals surface area contributed by atoms with Crippen molar-refractivity contribution in [2.24, 2.45) is 0 Å². The summed E-state index contributed by atoms with van der Waals surface area (Å²) in [5.74, 6) is -0.707. The Hall–Kier alpha value is -1.09. The van der Waals surface area contributed by atoms with Crippen LogP contribution < -0.4 is 4.74 Å². The van der Waals surface area contributed by atoms with E-state index in [1.54, 1.807) is 13.8 Å². The van der Waals surface area contributed by atoms with Gasteiger partial charge in [0.15, 0.2) is 23.5 Å². The lowest BCUT2D eigenvalue weighted by Gasteiger charge is -2.14. The predicted octanol–water partition coefficient (Wildman–Crippen LogP) is 3.23. The third-order valence-electron chi connectivity index (χ3n) is 2.02. The number of rotatable bonds is 4. The third-order valence-corrected chi connectivity index (χ3v) is 2.31. The molecule has 4 heteroatoms. The second kappa shape index (κ2) is 5.12. The van der Waals surface area contributed by atoms with Gasteiger partial charge in [0, 0.05) is 6.42 Å². The molecule has 82 valence electrons. The van der Waals surface area contributed by atoms with E-state index in [1.807, 2.05) is 0 Å². The number of ether oxygens (including phenoxy) is 1. The molecule has 1 unspecified atom stereocenters. The number of carbonyl (C=O) groups excluding carboxylic acids is 1. The second-order valence-corrected chi connectivity index (χ2v) is 3.54. The fourth-order valence-corrected chi connectivity index (χ4v) is 1.33. The number of carbonyl (C=O) groups is 1. The van der Waals surface area contributed by atoms with Gasteiger partial charge in [-0.25, -0.2) is 4.39 Å². The quantitative estimate of drug-likeness (QED) is 0.794. The van der Waals surface area contributed by atoms with E-state index in [9.17, 15) is 9.18 Å². The number of Topliss-reactive ketones (excluding diaryl/α,β-unsaturated/α-hetero) is 1. The molecule has 1 atom stereocenters. The predicted molar refractivity (Wildman–Crippen MR) is 56.8 cm³/mol. The molecule has 0 bridgehead atoms. The van der Waals surface area contributed by atoms with E-state index in [0.29, 0.717) is 6.42 Å². The Morgan fingerprint density at radius 3 is 2.80 bits per heavy atom. The first-order valence-corrected chi connectivity index (χ1v) is 5.07. The number of halogens is 2. The van der Waals surface area contributed by atoms with Crippen molar-refractivity contribution < 1.29 is 13.9 Å². The van der Waals surface area contributed by atoms with Crippen molar-refractivity contribution in [1.29, 1.82) is 0 Å². The Labute approximate surface area is 93.0 Å². The Kier molecular flexibility index (Phi) is 4.09. The molecule has 1 rings (SSSR count). The van der Waals surface area contributed by atoms with E-state index in [1.165, 1.54) is 18.2 Å². The molecule has 0 N–H and O–H groups in total. The molecule has 0 heterocycles. The number of benzene rings is 1. The molecule has 0 spiro atoms. The second-order valence-electron chi connectivity index (χ2n) is 3.13. The van der Waals surface area contributed by atoms with Gasteiger partial charge in [-0.1, -0.05) is 24.6 Å².